The van der Waals surface area contributed by atoms with Gasteiger partial charge in [0, 0.05) is 18.6 Å². The summed E-state index contributed by atoms with van der Waals surface area (Å²) in [5.74, 6) is -0.157. The maximum absolute atomic E-state index is 12.8. The van der Waals surface area contributed by atoms with E-state index in [0.717, 1.165) is 19.5 Å². The van der Waals surface area contributed by atoms with Gasteiger partial charge < -0.3 is 10.2 Å². The van der Waals surface area contributed by atoms with Crippen LogP contribution in [0.1, 0.15) is 25.3 Å². The van der Waals surface area contributed by atoms with Gasteiger partial charge in [0.05, 0.1) is 0 Å². The minimum atomic E-state index is -0.157. The lowest BCUT2D eigenvalue weighted by Gasteiger charge is -2.27. The van der Waals surface area contributed by atoms with E-state index < -0.39 is 0 Å². The van der Waals surface area contributed by atoms with Crippen molar-refractivity contribution >= 4 is 0 Å². The summed E-state index contributed by atoms with van der Waals surface area (Å²) in [6, 6.07) is 7.98. The molecule has 100 valence electrons. The van der Waals surface area contributed by atoms with Crippen molar-refractivity contribution in [2.24, 2.45) is 0 Å². The second-order valence-electron chi connectivity index (χ2n) is 5.41. The first-order valence-corrected chi connectivity index (χ1v) is 6.83. The minimum Gasteiger partial charge on any atom is -0.313 e. The first-order valence-electron chi connectivity index (χ1n) is 6.83. The SMILES string of the molecule is CC(Cc1ccc(F)cc1)N(C)CC1CCCN1. The molecular formula is C15H23FN2. The standard InChI is InChI=1S/C15H23FN2/c1-12(10-13-5-7-14(16)8-6-13)18(2)11-15-4-3-9-17-15/h5-8,12,15,17H,3-4,9-11H2,1-2H3. The van der Waals surface area contributed by atoms with E-state index in [1.54, 1.807) is 12.1 Å². The molecule has 2 nitrogen and oxygen atoms in total. The largest absolute Gasteiger partial charge is 0.313 e. The summed E-state index contributed by atoms with van der Waals surface area (Å²) in [6.07, 6.45) is 3.56. The van der Waals surface area contributed by atoms with Gasteiger partial charge in [-0.25, -0.2) is 4.39 Å². The van der Waals surface area contributed by atoms with E-state index in [1.807, 2.05) is 12.1 Å². The molecule has 0 aromatic heterocycles. The van der Waals surface area contributed by atoms with Crippen LogP contribution in [0.15, 0.2) is 24.3 Å². The Kier molecular flexibility index (Phi) is 4.72. The average molecular weight is 250 g/mol. The van der Waals surface area contributed by atoms with Gasteiger partial charge in [-0.2, -0.15) is 0 Å². The summed E-state index contributed by atoms with van der Waals surface area (Å²) in [5.41, 5.74) is 1.20. The fourth-order valence-corrected chi connectivity index (χ4v) is 2.56. The third-order valence-corrected chi connectivity index (χ3v) is 3.87. The molecule has 1 aromatic rings. The van der Waals surface area contributed by atoms with Crippen molar-refractivity contribution in [1.29, 1.82) is 0 Å². The zero-order chi connectivity index (χ0) is 13.0. The van der Waals surface area contributed by atoms with Gasteiger partial charge in [0.1, 0.15) is 5.82 Å². The van der Waals surface area contributed by atoms with E-state index in [9.17, 15) is 4.39 Å². The van der Waals surface area contributed by atoms with E-state index in [4.69, 9.17) is 0 Å². The van der Waals surface area contributed by atoms with Crippen molar-refractivity contribution in [3.05, 3.63) is 35.6 Å². The van der Waals surface area contributed by atoms with Crippen LogP contribution >= 0.6 is 0 Å². The summed E-state index contributed by atoms with van der Waals surface area (Å²) in [5, 5.41) is 3.52. The lowest BCUT2D eigenvalue weighted by molar-refractivity contribution is 0.234. The van der Waals surface area contributed by atoms with Crippen LogP contribution in [0.25, 0.3) is 0 Å². The van der Waals surface area contributed by atoms with Gasteiger partial charge in [-0.1, -0.05) is 12.1 Å². The fourth-order valence-electron chi connectivity index (χ4n) is 2.56. The van der Waals surface area contributed by atoms with Crippen molar-refractivity contribution in [3.8, 4) is 0 Å². The molecule has 1 N–H and O–H groups in total. The summed E-state index contributed by atoms with van der Waals surface area (Å²) < 4.78 is 12.8. The Balaban J connectivity index is 1.82. The van der Waals surface area contributed by atoms with Crippen LogP contribution in [-0.2, 0) is 6.42 Å². The maximum Gasteiger partial charge on any atom is 0.123 e. The zero-order valence-corrected chi connectivity index (χ0v) is 11.3. The predicted molar refractivity (Wildman–Crippen MR) is 73.2 cm³/mol. The molecule has 0 radical (unpaired) electrons. The van der Waals surface area contributed by atoms with Gasteiger partial charge >= 0.3 is 0 Å². The molecule has 18 heavy (non-hydrogen) atoms. The quantitative estimate of drug-likeness (QED) is 0.863. The Bertz CT molecular complexity index is 357. The van der Waals surface area contributed by atoms with E-state index in [1.165, 1.54) is 18.4 Å². The Morgan fingerprint density at radius 2 is 2.11 bits per heavy atom. The predicted octanol–water partition coefficient (Wildman–Crippen LogP) is 2.44. The van der Waals surface area contributed by atoms with Crippen molar-refractivity contribution in [2.75, 3.05) is 20.1 Å². The van der Waals surface area contributed by atoms with Gasteiger partial charge in [0.15, 0.2) is 0 Å². The molecule has 2 unspecified atom stereocenters. The molecule has 1 fully saturated rings. The average Bonchev–Trinajstić information content (AvgIpc) is 2.85. The van der Waals surface area contributed by atoms with E-state index in [-0.39, 0.29) is 5.82 Å². The number of rotatable bonds is 5. The van der Waals surface area contributed by atoms with Gasteiger partial charge in [0.2, 0.25) is 0 Å². The smallest absolute Gasteiger partial charge is 0.123 e. The molecule has 2 rings (SSSR count). The van der Waals surface area contributed by atoms with Gasteiger partial charge in [-0.05, 0) is 57.5 Å². The summed E-state index contributed by atoms with van der Waals surface area (Å²) in [6.45, 7) is 4.49. The fraction of sp³-hybridized carbons (Fsp3) is 0.600. The molecule has 1 heterocycles. The number of hydrogen-bond acceptors (Lipinski definition) is 2. The second kappa shape index (κ2) is 6.30. The highest BCUT2D eigenvalue weighted by molar-refractivity contribution is 5.17. The Hall–Kier alpha value is -0.930. The molecule has 0 bridgehead atoms. The van der Waals surface area contributed by atoms with Crippen LogP contribution in [0.4, 0.5) is 4.39 Å². The van der Waals surface area contributed by atoms with E-state index in [0.29, 0.717) is 12.1 Å². The molecule has 2 atom stereocenters. The molecule has 0 saturated carbocycles. The highest BCUT2D eigenvalue weighted by atomic mass is 19.1. The molecule has 0 aliphatic carbocycles. The molecule has 1 saturated heterocycles. The highest BCUT2D eigenvalue weighted by Crippen LogP contribution is 2.12. The third-order valence-electron chi connectivity index (χ3n) is 3.87. The highest BCUT2D eigenvalue weighted by Gasteiger charge is 2.18. The third kappa shape index (κ3) is 3.79. The van der Waals surface area contributed by atoms with Gasteiger partial charge in [-0.3, -0.25) is 0 Å². The first-order chi connectivity index (χ1) is 8.65. The van der Waals surface area contributed by atoms with Crippen LogP contribution < -0.4 is 5.32 Å². The van der Waals surface area contributed by atoms with Crippen LogP contribution in [-0.4, -0.2) is 37.1 Å². The Labute approximate surface area is 109 Å². The van der Waals surface area contributed by atoms with E-state index >= 15 is 0 Å². The van der Waals surface area contributed by atoms with Crippen LogP contribution in [0.3, 0.4) is 0 Å². The monoisotopic (exact) mass is 250 g/mol. The lowest BCUT2D eigenvalue weighted by atomic mass is 10.1. The van der Waals surface area contributed by atoms with Crippen molar-refractivity contribution in [3.63, 3.8) is 0 Å². The summed E-state index contributed by atoms with van der Waals surface area (Å²) in [4.78, 5) is 2.40. The maximum atomic E-state index is 12.8. The molecule has 1 aliphatic heterocycles. The van der Waals surface area contributed by atoms with Crippen LogP contribution in [0.5, 0.6) is 0 Å². The summed E-state index contributed by atoms with van der Waals surface area (Å²) in [7, 11) is 2.17. The van der Waals surface area contributed by atoms with Crippen molar-refractivity contribution < 1.29 is 4.39 Å². The van der Waals surface area contributed by atoms with Crippen LogP contribution in [0.2, 0.25) is 0 Å². The molecule has 1 aliphatic rings. The number of benzene rings is 1. The normalized spacial score (nSPS) is 21.4. The van der Waals surface area contributed by atoms with E-state index in [2.05, 4.69) is 24.2 Å². The number of nitrogens with zero attached hydrogens (tertiary/aromatic N) is 1. The molecule has 1 aromatic carbocycles. The molecular weight excluding hydrogens is 227 g/mol. The molecule has 0 amide bonds. The minimum absolute atomic E-state index is 0.157. The summed E-state index contributed by atoms with van der Waals surface area (Å²) >= 11 is 0. The van der Waals surface area contributed by atoms with Gasteiger partial charge in [0.25, 0.3) is 0 Å². The molecule has 3 heteroatoms. The topological polar surface area (TPSA) is 15.3 Å². The van der Waals surface area contributed by atoms with Crippen molar-refractivity contribution in [2.45, 2.75) is 38.3 Å². The first kappa shape index (κ1) is 13.5. The Morgan fingerprint density at radius 1 is 1.39 bits per heavy atom. The van der Waals surface area contributed by atoms with Crippen molar-refractivity contribution in [1.82, 2.24) is 10.2 Å². The number of nitrogens with one attached hydrogen (secondary N) is 1. The van der Waals surface area contributed by atoms with Gasteiger partial charge in [-0.15, -0.1) is 0 Å². The Morgan fingerprint density at radius 3 is 2.72 bits per heavy atom. The zero-order valence-electron chi connectivity index (χ0n) is 11.3. The second-order valence-corrected chi connectivity index (χ2v) is 5.41. The molecule has 0 spiro atoms. The number of hydrogen-bond donors (Lipinski definition) is 1. The van der Waals surface area contributed by atoms with Crippen LogP contribution in [0, 0.1) is 5.82 Å². The number of likely N-dealkylation sites (N-methyl/N-ethyl adjacent to an activating group) is 1. The lowest BCUT2D eigenvalue weighted by Crippen LogP contribution is -2.40. The number of halogens is 1.